The highest BCUT2D eigenvalue weighted by atomic mass is 19.2. The van der Waals surface area contributed by atoms with Crippen molar-refractivity contribution in [3.05, 3.63) is 94.7 Å². The third-order valence-corrected chi connectivity index (χ3v) is 5.26. The standard InChI is InChI=1S/C25H23F2N3O2/c1-16(18-8-10-22(26)23(27)15-18)30-25(31)21-6-3-11-28-24(21)29-12-13-32-20-9-7-17-4-2-5-19(17)14-20/h2-4,6-11,14-16H,5,12-13H2,1H3,(H,28,29)(H,30,31)/t16-/m0/s1. The van der Waals surface area contributed by atoms with Gasteiger partial charge in [0.25, 0.3) is 5.91 Å². The number of pyridine rings is 1. The molecule has 0 radical (unpaired) electrons. The number of carbonyl (C=O) groups is 1. The normalized spacial score (nSPS) is 12.8. The number of nitrogens with zero attached hydrogens (tertiary/aromatic N) is 1. The van der Waals surface area contributed by atoms with Crippen molar-refractivity contribution < 1.29 is 18.3 Å². The Labute approximate surface area is 185 Å². The Kier molecular flexibility index (Phi) is 6.44. The van der Waals surface area contributed by atoms with Gasteiger partial charge in [0.05, 0.1) is 18.2 Å². The van der Waals surface area contributed by atoms with Crippen LogP contribution in [0.15, 0.2) is 60.8 Å². The molecule has 4 rings (SSSR count). The van der Waals surface area contributed by atoms with E-state index in [1.807, 2.05) is 18.2 Å². The molecule has 1 aromatic heterocycles. The second kappa shape index (κ2) is 9.60. The molecule has 0 unspecified atom stereocenters. The number of rotatable bonds is 8. The van der Waals surface area contributed by atoms with E-state index in [9.17, 15) is 13.6 Å². The van der Waals surface area contributed by atoms with E-state index in [0.717, 1.165) is 24.3 Å². The number of aromatic nitrogens is 1. The van der Waals surface area contributed by atoms with Gasteiger partial charge in [-0.15, -0.1) is 0 Å². The fourth-order valence-corrected chi connectivity index (χ4v) is 3.53. The lowest BCUT2D eigenvalue weighted by Gasteiger charge is -2.16. The largest absolute Gasteiger partial charge is 0.492 e. The molecule has 7 heteroatoms. The van der Waals surface area contributed by atoms with Crippen molar-refractivity contribution in [3.8, 4) is 5.75 Å². The van der Waals surface area contributed by atoms with Crippen LogP contribution in [0.3, 0.4) is 0 Å². The zero-order valence-electron chi connectivity index (χ0n) is 17.6. The van der Waals surface area contributed by atoms with Crippen molar-refractivity contribution in [2.45, 2.75) is 19.4 Å². The third kappa shape index (κ3) is 4.94. The number of anilines is 1. The first kappa shape index (κ1) is 21.5. The molecule has 2 N–H and O–H groups in total. The molecule has 5 nitrogen and oxygen atoms in total. The first-order valence-corrected chi connectivity index (χ1v) is 10.4. The summed E-state index contributed by atoms with van der Waals surface area (Å²) in [5, 5.41) is 5.92. The lowest BCUT2D eigenvalue weighted by Crippen LogP contribution is -2.28. The van der Waals surface area contributed by atoms with Crippen molar-refractivity contribution in [3.63, 3.8) is 0 Å². The Morgan fingerprint density at radius 1 is 1.16 bits per heavy atom. The molecule has 0 aliphatic heterocycles. The summed E-state index contributed by atoms with van der Waals surface area (Å²) in [6.45, 7) is 2.55. The van der Waals surface area contributed by atoms with E-state index in [1.54, 1.807) is 25.3 Å². The molecule has 164 valence electrons. The molecule has 1 amide bonds. The zero-order chi connectivity index (χ0) is 22.5. The molecule has 0 saturated heterocycles. The van der Waals surface area contributed by atoms with Crippen molar-refractivity contribution in [2.24, 2.45) is 0 Å². The number of halogens is 2. The second-order valence-corrected chi connectivity index (χ2v) is 7.51. The quantitative estimate of drug-likeness (QED) is 0.494. The minimum atomic E-state index is -0.952. The molecule has 32 heavy (non-hydrogen) atoms. The van der Waals surface area contributed by atoms with Gasteiger partial charge in [0, 0.05) is 6.20 Å². The molecular formula is C25H23F2N3O2. The zero-order valence-corrected chi connectivity index (χ0v) is 17.6. The fourth-order valence-electron chi connectivity index (χ4n) is 3.53. The van der Waals surface area contributed by atoms with Gasteiger partial charge in [-0.3, -0.25) is 4.79 Å². The van der Waals surface area contributed by atoms with E-state index >= 15 is 0 Å². The average molecular weight is 435 g/mol. The van der Waals surface area contributed by atoms with Gasteiger partial charge in [0.1, 0.15) is 18.2 Å². The van der Waals surface area contributed by atoms with Crippen LogP contribution in [0.2, 0.25) is 0 Å². The first-order chi connectivity index (χ1) is 15.5. The number of nitrogens with one attached hydrogen (secondary N) is 2. The van der Waals surface area contributed by atoms with E-state index in [-0.39, 0.29) is 5.91 Å². The predicted molar refractivity (Wildman–Crippen MR) is 120 cm³/mol. The van der Waals surface area contributed by atoms with Crippen LogP contribution < -0.4 is 15.4 Å². The SMILES string of the molecule is C[C@H](NC(=O)c1cccnc1NCCOc1ccc2c(c1)CC=C2)c1ccc(F)c(F)c1. The molecule has 0 saturated carbocycles. The summed E-state index contributed by atoms with van der Waals surface area (Å²) < 4.78 is 32.5. The van der Waals surface area contributed by atoms with Crippen molar-refractivity contribution >= 4 is 17.8 Å². The summed E-state index contributed by atoms with van der Waals surface area (Å²) in [6, 6.07) is 12.4. The Morgan fingerprint density at radius 3 is 2.88 bits per heavy atom. The van der Waals surface area contributed by atoms with E-state index in [1.165, 1.54) is 17.2 Å². The summed E-state index contributed by atoms with van der Waals surface area (Å²) >= 11 is 0. The van der Waals surface area contributed by atoms with Crippen LogP contribution in [0.1, 0.15) is 40.0 Å². The van der Waals surface area contributed by atoms with Gasteiger partial charge >= 0.3 is 0 Å². The van der Waals surface area contributed by atoms with Gasteiger partial charge in [-0.1, -0.05) is 24.3 Å². The van der Waals surface area contributed by atoms with Crippen LogP contribution in [0.25, 0.3) is 6.08 Å². The highest BCUT2D eigenvalue weighted by Crippen LogP contribution is 2.24. The van der Waals surface area contributed by atoms with Crippen molar-refractivity contribution in [1.82, 2.24) is 10.3 Å². The lowest BCUT2D eigenvalue weighted by molar-refractivity contribution is 0.0940. The first-order valence-electron chi connectivity index (χ1n) is 10.4. The maximum absolute atomic E-state index is 13.5. The Hall–Kier alpha value is -3.74. The van der Waals surface area contributed by atoms with Gasteiger partial charge in [0.2, 0.25) is 0 Å². The van der Waals surface area contributed by atoms with Crippen LogP contribution >= 0.6 is 0 Å². The maximum atomic E-state index is 13.5. The van der Waals surface area contributed by atoms with Gasteiger partial charge in [-0.25, -0.2) is 13.8 Å². The smallest absolute Gasteiger partial charge is 0.255 e. The molecular weight excluding hydrogens is 412 g/mol. The van der Waals surface area contributed by atoms with Crippen LogP contribution in [-0.4, -0.2) is 24.0 Å². The van der Waals surface area contributed by atoms with Gasteiger partial charge < -0.3 is 15.4 Å². The monoisotopic (exact) mass is 435 g/mol. The minimum Gasteiger partial charge on any atom is -0.492 e. The van der Waals surface area contributed by atoms with Crippen molar-refractivity contribution in [1.29, 1.82) is 0 Å². The summed E-state index contributed by atoms with van der Waals surface area (Å²) in [5.41, 5.74) is 3.28. The number of allylic oxidation sites excluding steroid dienone is 1. The number of benzene rings is 2. The summed E-state index contributed by atoms with van der Waals surface area (Å²) in [5.74, 6) is -1.03. The highest BCUT2D eigenvalue weighted by molar-refractivity contribution is 5.98. The van der Waals surface area contributed by atoms with E-state index in [0.29, 0.717) is 30.1 Å². The van der Waals surface area contributed by atoms with Gasteiger partial charge in [0.15, 0.2) is 11.6 Å². The molecule has 1 atom stereocenters. The topological polar surface area (TPSA) is 63.2 Å². The van der Waals surface area contributed by atoms with E-state index in [2.05, 4.69) is 27.8 Å². The van der Waals surface area contributed by atoms with Gasteiger partial charge in [-0.05, 0) is 66.4 Å². The maximum Gasteiger partial charge on any atom is 0.255 e. The molecule has 0 fully saturated rings. The van der Waals surface area contributed by atoms with Crippen LogP contribution in [0, 0.1) is 11.6 Å². The summed E-state index contributed by atoms with van der Waals surface area (Å²) in [7, 11) is 0. The Bertz CT molecular complexity index is 1160. The predicted octanol–water partition coefficient (Wildman–Crippen LogP) is 4.91. The second-order valence-electron chi connectivity index (χ2n) is 7.51. The molecule has 1 aliphatic rings. The Balaban J connectivity index is 1.33. The van der Waals surface area contributed by atoms with Crippen LogP contribution in [-0.2, 0) is 6.42 Å². The van der Waals surface area contributed by atoms with Crippen molar-refractivity contribution in [2.75, 3.05) is 18.5 Å². The molecule has 3 aromatic rings. The number of fused-ring (bicyclic) bond motifs is 1. The number of hydrogen-bond donors (Lipinski definition) is 2. The van der Waals surface area contributed by atoms with E-state index < -0.39 is 17.7 Å². The number of carbonyl (C=O) groups excluding carboxylic acids is 1. The van der Waals surface area contributed by atoms with Crippen LogP contribution in [0.4, 0.5) is 14.6 Å². The average Bonchev–Trinajstić information content (AvgIpc) is 3.26. The Morgan fingerprint density at radius 2 is 2.03 bits per heavy atom. The molecule has 1 heterocycles. The number of ether oxygens (including phenoxy) is 1. The van der Waals surface area contributed by atoms with Gasteiger partial charge in [-0.2, -0.15) is 0 Å². The lowest BCUT2D eigenvalue weighted by atomic mass is 10.1. The van der Waals surface area contributed by atoms with E-state index in [4.69, 9.17) is 4.74 Å². The summed E-state index contributed by atoms with van der Waals surface area (Å²) in [6.07, 6.45) is 6.73. The number of hydrogen-bond acceptors (Lipinski definition) is 4. The molecule has 0 spiro atoms. The summed E-state index contributed by atoms with van der Waals surface area (Å²) in [4.78, 5) is 17.0. The third-order valence-electron chi connectivity index (χ3n) is 5.26. The molecule has 2 aromatic carbocycles. The molecule has 0 bridgehead atoms. The number of amides is 1. The fraction of sp³-hybridized carbons (Fsp3) is 0.200. The minimum absolute atomic E-state index is 0.352. The highest BCUT2D eigenvalue weighted by Gasteiger charge is 2.17. The molecule has 1 aliphatic carbocycles. The van der Waals surface area contributed by atoms with Crippen LogP contribution in [0.5, 0.6) is 5.75 Å².